The molecule has 1 amide bonds. The fourth-order valence-corrected chi connectivity index (χ4v) is 1.03. The maximum atomic E-state index is 11.2. The average molecular weight is 236 g/mol. The largest absolute Gasteiger partial charge is 0.480 e. The summed E-state index contributed by atoms with van der Waals surface area (Å²) in [5, 5.41) is 21.2. The van der Waals surface area contributed by atoms with Crippen molar-refractivity contribution >= 4 is 30.5 Å². The molecule has 0 aliphatic carbocycles. The van der Waals surface area contributed by atoms with Gasteiger partial charge in [-0.3, -0.25) is 19.7 Å². The Labute approximate surface area is 91.3 Å². The van der Waals surface area contributed by atoms with Gasteiger partial charge >= 0.3 is 11.9 Å². The van der Waals surface area contributed by atoms with E-state index in [-0.39, 0.29) is 12.3 Å². The molecule has 86 valence electrons. The zero-order valence-corrected chi connectivity index (χ0v) is 8.66. The summed E-state index contributed by atoms with van der Waals surface area (Å²) < 4.78 is 0. The number of hydrogen-bond acceptors (Lipinski definition) is 5. The van der Waals surface area contributed by atoms with Crippen molar-refractivity contribution in [3.63, 3.8) is 0 Å². The topological polar surface area (TPSA) is 116 Å². The second-order valence-corrected chi connectivity index (χ2v) is 2.99. The molecule has 0 aromatic carbocycles. The Bertz CT molecular complexity index is 258. The SMILES string of the molecule is O=C(O)CNC(=O)C(CS)NCC(=O)O. The lowest BCUT2D eigenvalue weighted by atomic mass is 10.3. The van der Waals surface area contributed by atoms with E-state index >= 15 is 0 Å². The number of carbonyl (C=O) groups excluding carboxylic acids is 1. The standard InChI is InChI=1S/C7H12N2O5S/c10-5(11)1-8-4(3-15)7(14)9-2-6(12)13/h4,8,15H,1-3H2,(H,9,14)(H,10,11)(H,12,13). The van der Waals surface area contributed by atoms with Crippen LogP contribution in [0.15, 0.2) is 0 Å². The number of carboxylic acid groups (broad SMARTS) is 2. The lowest BCUT2D eigenvalue weighted by Crippen LogP contribution is -2.48. The predicted molar refractivity (Wildman–Crippen MR) is 53.9 cm³/mol. The number of nitrogens with one attached hydrogen (secondary N) is 2. The number of carboxylic acids is 2. The van der Waals surface area contributed by atoms with Crippen molar-refractivity contribution in [2.45, 2.75) is 6.04 Å². The summed E-state index contributed by atoms with van der Waals surface area (Å²) in [4.78, 5) is 31.5. The van der Waals surface area contributed by atoms with E-state index in [1.165, 1.54) is 0 Å². The van der Waals surface area contributed by atoms with E-state index in [2.05, 4.69) is 23.3 Å². The van der Waals surface area contributed by atoms with E-state index in [4.69, 9.17) is 10.2 Å². The first kappa shape index (κ1) is 13.7. The lowest BCUT2D eigenvalue weighted by molar-refractivity contribution is -0.139. The summed E-state index contributed by atoms with van der Waals surface area (Å²) in [6.45, 7) is -0.885. The van der Waals surface area contributed by atoms with Crippen molar-refractivity contribution in [3.8, 4) is 0 Å². The van der Waals surface area contributed by atoms with Gasteiger partial charge in [-0.25, -0.2) is 0 Å². The summed E-state index contributed by atoms with van der Waals surface area (Å²) in [5.74, 6) is -2.78. The van der Waals surface area contributed by atoms with Crippen LogP contribution in [0.25, 0.3) is 0 Å². The van der Waals surface area contributed by atoms with E-state index in [0.717, 1.165) is 0 Å². The highest BCUT2D eigenvalue weighted by atomic mass is 32.1. The van der Waals surface area contributed by atoms with Crippen LogP contribution in [-0.4, -0.2) is 52.9 Å². The molecule has 1 unspecified atom stereocenters. The van der Waals surface area contributed by atoms with Crippen LogP contribution in [0.4, 0.5) is 0 Å². The minimum atomic E-state index is -1.17. The molecule has 0 aromatic rings. The van der Waals surface area contributed by atoms with Gasteiger partial charge in [-0.15, -0.1) is 0 Å². The van der Waals surface area contributed by atoms with Crippen LogP contribution < -0.4 is 10.6 Å². The van der Waals surface area contributed by atoms with Gasteiger partial charge < -0.3 is 15.5 Å². The third kappa shape index (κ3) is 6.75. The third-order valence-electron chi connectivity index (χ3n) is 1.41. The molecule has 0 rings (SSSR count). The molecule has 0 aromatic heterocycles. The highest BCUT2D eigenvalue weighted by Gasteiger charge is 2.17. The van der Waals surface area contributed by atoms with Crippen molar-refractivity contribution in [3.05, 3.63) is 0 Å². The molecule has 8 heteroatoms. The fourth-order valence-electron chi connectivity index (χ4n) is 0.737. The van der Waals surface area contributed by atoms with Gasteiger partial charge in [-0.2, -0.15) is 12.6 Å². The quantitative estimate of drug-likeness (QED) is 0.332. The molecule has 0 radical (unpaired) electrons. The van der Waals surface area contributed by atoms with Crippen LogP contribution in [-0.2, 0) is 14.4 Å². The third-order valence-corrected chi connectivity index (χ3v) is 1.78. The van der Waals surface area contributed by atoms with Gasteiger partial charge in [-0.05, 0) is 0 Å². The van der Waals surface area contributed by atoms with Crippen molar-refractivity contribution in [2.75, 3.05) is 18.8 Å². The Balaban J connectivity index is 3.98. The van der Waals surface area contributed by atoms with Gasteiger partial charge in [0, 0.05) is 5.75 Å². The van der Waals surface area contributed by atoms with Crippen molar-refractivity contribution in [2.24, 2.45) is 0 Å². The van der Waals surface area contributed by atoms with Crippen LogP contribution in [0.1, 0.15) is 0 Å². The summed E-state index contributed by atoms with van der Waals surface area (Å²) in [5.41, 5.74) is 0. The zero-order valence-electron chi connectivity index (χ0n) is 7.77. The molecule has 7 nitrogen and oxygen atoms in total. The number of aliphatic carboxylic acids is 2. The van der Waals surface area contributed by atoms with Crippen molar-refractivity contribution in [1.82, 2.24) is 10.6 Å². The highest BCUT2D eigenvalue weighted by Crippen LogP contribution is 1.88. The number of carbonyl (C=O) groups is 3. The lowest BCUT2D eigenvalue weighted by Gasteiger charge is -2.13. The van der Waals surface area contributed by atoms with Crippen LogP contribution >= 0.6 is 12.6 Å². The Morgan fingerprint density at radius 2 is 1.67 bits per heavy atom. The monoisotopic (exact) mass is 236 g/mol. The zero-order chi connectivity index (χ0) is 11.8. The van der Waals surface area contributed by atoms with Gasteiger partial charge in [0.25, 0.3) is 0 Å². The molecule has 0 aliphatic rings. The first-order valence-corrected chi connectivity index (χ1v) is 4.66. The number of amides is 1. The van der Waals surface area contributed by atoms with E-state index in [0.29, 0.717) is 0 Å². The van der Waals surface area contributed by atoms with E-state index < -0.39 is 30.4 Å². The molecule has 0 heterocycles. The number of thiol groups is 1. The van der Waals surface area contributed by atoms with E-state index in [9.17, 15) is 14.4 Å². The molecule has 1 atom stereocenters. The van der Waals surface area contributed by atoms with Crippen LogP contribution in [0.3, 0.4) is 0 Å². The van der Waals surface area contributed by atoms with Crippen molar-refractivity contribution < 1.29 is 24.6 Å². The van der Waals surface area contributed by atoms with E-state index in [1.54, 1.807) is 0 Å². The molecule has 0 spiro atoms. The minimum Gasteiger partial charge on any atom is -0.480 e. The van der Waals surface area contributed by atoms with Gasteiger partial charge in [0.05, 0.1) is 12.6 Å². The second-order valence-electron chi connectivity index (χ2n) is 2.62. The molecule has 15 heavy (non-hydrogen) atoms. The Morgan fingerprint density at radius 1 is 1.13 bits per heavy atom. The molecular formula is C7H12N2O5S. The molecule has 0 aliphatic heterocycles. The van der Waals surface area contributed by atoms with Crippen LogP contribution in [0, 0.1) is 0 Å². The fraction of sp³-hybridized carbons (Fsp3) is 0.571. The minimum absolute atomic E-state index is 0.0821. The Hall–Kier alpha value is -1.28. The average Bonchev–Trinajstić information content (AvgIpc) is 2.15. The first-order valence-electron chi connectivity index (χ1n) is 4.03. The van der Waals surface area contributed by atoms with Gasteiger partial charge in [0.15, 0.2) is 0 Å². The van der Waals surface area contributed by atoms with Crippen LogP contribution in [0.2, 0.25) is 0 Å². The second kappa shape index (κ2) is 7.07. The smallest absolute Gasteiger partial charge is 0.322 e. The van der Waals surface area contributed by atoms with Crippen molar-refractivity contribution in [1.29, 1.82) is 0 Å². The van der Waals surface area contributed by atoms with Crippen LogP contribution in [0.5, 0.6) is 0 Å². The van der Waals surface area contributed by atoms with Gasteiger partial charge in [-0.1, -0.05) is 0 Å². The first-order chi connectivity index (χ1) is 6.97. The maximum Gasteiger partial charge on any atom is 0.322 e. The summed E-state index contributed by atoms with van der Waals surface area (Å²) >= 11 is 3.84. The Morgan fingerprint density at radius 3 is 2.07 bits per heavy atom. The Kier molecular flexibility index (Phi) is 6.47. The molecule has 0 fully saturated rings. The van der Waals surface area contributed by atoms with Gasteiger partial charge in [0.2, 0.25) is 5.91 Å². The molecular weight excluding hydrogens is 224 g/mol. The normalized spacial score (nSPS) is 11.8. The summed E-state index contributed by atoms with van der Waals surface area (Å²) in [7, 11) is 0. The molecule has 0 saturated carbocycles. The molecule has 0 saturated heterocycles. The molecule has 4 N–H and O–H groups in total. The van der Waals surface area contributed by atoms with E-state index in [1.807, 2.05) is 0 Å². The maximum absolute atomic E-state index is 11.2. The highest BCUT2D eigenvalue weighted by molar-refractivity contribution is 7.80. The number of hydrogen-bond donors (Lipinski definition) is 5. The number of rotatable bonds is 7. The summed E-state index contributed by atoms with van der Waals surface area (Å²) in [6.07, 6.45) is 0. The van der Waals surface area contributed by atoms with Gasteiger partial charge in [0.1, 0.15) is 6.54 Å². The molecule has 0 bridgehead atoms. The summed E-state index contributed by atoms with van der Waals surface area (Å²) in [6, 6.07) is -0.816. The predicted octanol–water partition coefficient (Wildman–Crippen LogP) is -1.84.